The maximum atomic E-state index is 11.8. The highest BCUT2D eigenvalue weighted by atomic mass is 16.3. The topological polar surface area (TPSA) is 54.4 Å². The molecule has 0 radical (unpaired) electrons. The van der Waals surface area contributed by atoms with E-state index in [2.05, 4.69) is 6.58 Å². The van der Waals surface area contributed by atoms with Gasteiger partial charge >= 0.3 is 0 Å². The minimum atomic E-state index is -0.123. The van der Waals surface area contributed by atoms with Crippen molar-refractivity contribution in [3.05, 3.63) is 23.8 Å². The molecule has 2 aliphatic rings. The number of aliphatic hydroxyl groups is 1. The molecule has 1 fully saturated rings. The van der Waals surface area contributed by atoms with Crippen molar-refractivity contribution in [2.45, 2.75) is 32.6 Å². The fourth-order valence-corrected chi connectivity index (χ4v) is 3.05. The van der Waals surface area contributed by atoms with Crippen molar-refractivity contribution in [1.29, 1.82) is 0 Å². The lowest BCUT2D eigenvalue weighted by Gasteiger charge is -2.07. The van der Waals surface area contributed by atoms with Gasteiger partial charge in [0, 0.05) is 18.4 Å². The van der Waals surface area contributed by atoms with Gasteiger partial charge in [0.1, 0.15) is 6.29 Å². The first-order chi connectivity index (χ1) is 8.52. The van der Waals surface area contributed by atoms with Crippen LogP contribution >= 0.6 is 0 Å². The van der Waals surface area contributed by atoms with Gasteiger partial charge in [0.25, 0.3) is 0 Å². The lowest BCUT2D eigenvalue weighted by molar-refractivity contribution is -0.115. The zero-order chi connectivity index (χ0) is 13.3. The van der Waals surface area contributed by atoms with Crippen LogP contribution in [0.3, 0.4) is 0 Å². The van der Waals surface area contributed by atoms with Crippen LogP contribution in [0.2, 0.25) is 0 Å². The molecule has 0 aromatic carbocycles. The quantitative estimate of drug-likeness (QED) is 0.601. The number of hydrogen-bond acceptors (Lipinski definition) is 3. The van der Waals surface area contributed by atoms with Crippen molar-refractivity contribution in [1.82, 2.24) is 0 Å². The van der Waals surface area contributed by atoms with Crippen LogP contribution in [0, 0.1) is 17.3 Å². The van der Waals surface area contributed by atoms with E-state index in [0.29, 0.717) is 36.3 Å². The van der Waals surface area contributed by atoms with E-state index in [9.17, 15) is 14.7 Å². The molecule has 0 aromatic rings. The molecule has 0 heterocycles. The summed E-state index contributed by atoms with van der Waals surface area (Å²) in [5.74, 6) is 0.691. The molecule has 18 heavy (non-hydrogen) atoms. The number of Topliss-reactive ketones (excluding diaryl/α,β-unsaturated/α-hetero) is 1. The van der Waals surface area contributed by atoms with Crippen LogP contribution in [0.1, 0.15) is 32.6 Å². The van der Waals surface area contributed by atoms with Gasteiger partial charge in [0.2, 0.25) is 0 Å². The van der Waals surface area contributed by atoms with E-state index in [1.807, 2.05) is 13.0 Å². The Balaban J connectivity index is 2.23. The minimum Gasteiger partial charge on any atom is -0.396 e. The highest BCUT2D eigenvalue weighted by molar-refractivity contribution is 5.95. The van der Waals surface area contributed by atoms with E-state index in [1.165, 1.54) is 0 Å². The number of aldehydes is 1. The van der Waals surface area contributed by atoms with Crippen molar-refractivity contribution in [2.75, 3.05) is 6.61 Å². The van der Waals surface area contributed by atoms with E-state index in [1.54, 1.807) is 0 Å². The summed E-state index contributed by atoms with van der Waals surface area (Å²) in [5.41, 5.74) is 1.22. The summed E-state index contributed by atoms with van der Waals surface area (Å²) in [6.07, 6.45) is 5.25. The number of fused-ring (bicyclic) bond motifs is 1. The normalized spacial score (nSPS) is 39.6. The summed E-state index contributed by atoms with van der Waals surface area (Å²) in [6, 6.07) is 0. The number of carbonyl (C=O) groups excluding carboxylic acids is 2. The highest BCUT2D eigenvalue weighted by Gasteiger charge is 2.58. The average molecular weight is 248 g/mol. The molecule has 1 unspecified atom stereocenters. The Labute approximate surface area is 108 Å². The van der Waals surface area contributed by atoms with E-state index >= 15 is 0 Å². The third kappa shape index (κ3) is 2.19. The molecule has 0 spiro atoms. The van der Waals surface area contributed by atoms with Gasteiger partial charge in [-0.15, -0.1) is 0 Å². The first-order valence-electron chi connectivity index (χ1n) is 6.50. The van der Waals surface area contributed by atoms with Gasteiger partial charge in [0.05, 0.1) is 0 Å². The third-order valence-corrected chi connectivity index (χ3v) is 4.61. The lowest BCUT2D eigenvalue weighted by Crippen LogP contribution is -2.06. The van der Waals surface area contributed by atoms with Crippen LogP contribution in [-0.4, -0.2) is 23.8 Å². The lowest BCUT2D eigenvalue weighted by atomic mass is 9.97. The first kappa shape index (κ1) is 13.2. The Morgan fingerprint density at radius 2 is 2.22 bits per heavy atom. The molecule has 0 amide bonds. The number of ketones is 1. The molecule has 0 saturated heterocycles. The predicted molar refractivity (Wildman–Crippen MR) is 68.9 cm³/mol. The summed E-state index contributed by atoms with van der Waals surface area (Å²) in [7, 11) is 0. The van der Waals surface area contributed by atoms with E-state index in [0.717, 1.165) is 12.7 Å². The minimum absolute atomic E-state index is 0.0625. The molecule has 1 N–H and O–H groups in total. The Morgan fingerprint density at radius 3 is 2.83 bits per heavy atom. The fraction of sp³-hybridized carbons (Fsp3) is 0.600. The SMILES string of the molecule is C=C1CC[C@@H]2C(/C=C(/C=O)CCC1=O)[C@@]2(C)CO. The third-order valence-electron chi connectivity index (χ3n) is 4.61. The summed E-state index contributed by atoms with van der Waals surface area (Å²) < 4.78 is 0. The predicted octanol–water partition coefficient (Wildman–Crippen LogP) is 2.06. The Kier molecular flexibility index (Phi) is 3.53. The summed E-state index contributed by atoms with van der Waals surface area (Å²) in [4.78, 5) is 22.8. The van der Waals surface area contributed by atoms with Gasteiger partial charge in [-0.25, -0.2) is 0 Å². The molecule has 2 rings (SSSR count). The molecule has 98 valence electrons. The van der Waals surface area contributed by atoms with Gasteiger partial charge in [-0.05, 0) is 42.2 Å². The second-order valence-corrected chi connectivity index (χ2v) is 5.72. The Bertz CT molecular complexity index is 421. The zero-order valence-corrected chi connectivity index (χ0v) is 10.8. The van der Waals surface area contributed by atoms with Crippen LogP contribution in [0.4, 0.5) is 0 Å². The largest absolute Gasteiger partial charge is 0.396 e. The summed E-state index contributed by atoms with van der Waals surface area (Å²) in [5, 5.41) is 9.49. The number of aliphatic hydroxyl groups excluding tert-OH is 1. The van der Waals surface area contributed by atoms with Gasteiger partial charge in [-0.1, -0.05) is 19.6 Å². The average Bonchev–Trinajstić information content (AvgIpc) is 2.95. The van der Waals surface area contributed by atoms with Gasteiger partial charge in [-0.2, -0.15) is 0 Å². The highest BCUT2D eigenvalue weighted by Crippen LogP contribution is 2.61. The number of rotatable bonds is 2. The van der Waals surface area contributed by atoms with Crippen molar-refractivity contribution in [3.63, 3.8) is 0 Å². The standard InChI is InChI=1S/C15H20O3/c1-10-3-5-12-13(15(12,2)9-17)7-11(8-16)4-6-14(10)18/h7-8,12-13,17H,1,3-6,9H2,2H3/b11-7+/t12-,13?,15+/m1/s1. The smallest absolute Gasteiger partial charge is 0.158 e. The summed E-state index contributed by atoms with van der Waals surface area (Å²) >= 11 is 0. The Morgan fingerprint density at radius 1 is 1.50 bits per heavy atom. The fourth-order valence-electron chi connectivity index (χ4n) is 3.05. The van der Waals surface area contributed by atoms with E-state index < -0.39 is 0 Å². The molecule has 2 aliphatic carbocycles. The maximum absolute atomic E-state index is 11.8. The van der Waals surface area contributed by atoms with Crippen LogP contribution in [0.5, 0.6) is 0 Å². The second kappa shape index (κ2) is 4.81. The van der Waals surface area contributed by atoms with Crippen LogP contribution < -0.4 is 0 Å². The van der Waals surface area contributed by atoms with Crippen molar-refractivity contribution in [2.24, 2.45) is 17.3 Å². The number of hydrogen-bond donors (Lipinski definition) is 1. The molecular formula is C15H20O3. The molecule has 3 atom stereocenters. The van der Waals surface area contributed by atoms with Crippen molar-refractivity contribution in [3.8, 4) is 0 Å². The zero-order valence-electron chi connectivity index (χ0n) is 10.8. The van der Waals surface area contributed by atoms with Gasteiger partial charge in [-0.3, -0.25) is 9.59 Å². The second-order valence-electron chi connectivity index (χ2n) is 5.72. The first-order valence-corrected chi connectivity index (χ1v) is 6.50. The van der Waals surface area contributed by atoms with Crippen molar-refractivity contribution < 1.29 is 14.7 Å². The van der Waals surface area contributed by atoms with E-state index in [4.69, 9.17) is 0 Å². The summed E-state index contributed by atoms with van der Waals surface area (Å²) in [6.45, 7) is 6.00. The van der Waals surface area contributed by atoms with Crippen molar-refractivity contribution >= 4 is 12.1 Å². The van der Waals surface area contributed by atoms with Gasteiger partial charge < -0.3 is 5.11 Å². The molecular weight excluding hydrogens is 228 g/mol. The number of carbonyl (C=O) groups is 2. The molecule has 1 saturated carbocycles. The van der Waals surface area contributed by atoms with Gasteiger partial charge in [0.15, 0.2) is 5.78 Å². The molecule has 0 aliphatic heterocycles. The monoisotopic (exact) mass is 248 g/mol. The molecule has 3 heteroatoms. The van der Waals surface area contributed by atoms with Crippen LogP contribution in [0.15, 0.2) is 23.8 Å². The molecule has 0 bridgehead atoms. The number of allylic oxidation sites excluding steroid dienone is 3. The van der Waals surface area contributed by atoms with Crippen LogP contribution in [0.25, 0.3) is 0 Å². The molecule has 0 aromatic heterocycles. The Hall–Kier alpha value is -1.22. The van der Waals surface area contributed by atoms with Crippen LogP contribution in [-0.2, 0) is 9.59 Å². The molecule has 3 nitrogen and oxygen atoms in total. The maximum Gasteiger partial charge on any atom is 0.158 e. The van der Waals surface area contributed by atoms with E-state index in [-0.39, 0.29) is 23.7 Å².